The van der Waals surface area contributed by atoms with Crippen LogP contribution in [0.4, 0.5) is 52.7 Å². The minimum Gasteiger partial charge on any atom is -0.478 e. The maximum Gasteiger partial charge on any atom is 1.00 e. The van der Waals surface area contributed by atoms with Crippen molar-refractivity contribution in [2.75, 3.05) is 0 Å². The van der Waals surface area contributed by atoms with Crippen molar-refractivity contribution in [3.05, 3.63) is 34.9 Å². The fraction of sp³-hybridized carbons (Fsp3) is 0.400. The first-order chi connectivity index (χ1) is 11.9. The van der Waals surface area contributed by atoms with Gasteiger partial charge >= 0.3 is 54.3 Å². The van der Waals surface area contributed by atoms with Crippen LogP contribution >= 0.6 is 0 Å². The molecule has 18 heteroatoms. The van der Waals surface area contributed by atoms with Gasteiger partial charge in [-0.05, 0) is 19.7 Å². The number of hydrogen-bond acceptors (Lipinski definition) is 2. The minimum atomic E-state index is -5.51. The molecule has 2 rings (SSSR count). The van der Waals surface area contributed by atoms with Crippen LogP contribution in [0.2, 0.25) is 0 Å². The Morgan fingerprint density at radius 2 is 0.857 bits per heavy atom. The molecule has 0 unspecified atom stereocenters. The van der Waals surface area contributed by atoms with Gasteiger partial charge in [-0.3, -0.25) is 0 Å². The fourth-order valence-electron chi connectivity index (χ4n) is 1.77. The molecule has 2 radical (unpaired) electrons. The molecule has 28 heavy (non-hydrogen) atoms. The number of nitrogens with zero attached hydrogens (tertiary/aromatic N) is 4. The number of alkyl halides is 12. The second kappa shape index (κ2) is 7.48. The Hall–Kier alpha value is -1.36. The van der Waals surface area contributed by atoms with Gasteiger partial charge in [0.2, 0.25) is 0 Å². The zero-order chi connectivity index (χ0) is 21.0. The van der Waals surface area contributed by atoms with E-state index in [9.17, 15) is 52.7 Å². The summed E-state index contributed by atoms with van der Waals surface area (Å²) in [4.78, 5) is 0. The molecule has 0 bridgehead atoms. The summed E-state index contributed by atoms with van der Waals surface area (Å²) in [7, 11) is -0.393. The van der Waals surface area contributed by atoms with Crippen molar-refractivity contribution < 1.29 is 82.2 Å². The maximum atomic E-state index is 12.8. The number of aromatic nitrogens is 4. The molecule has 0 aliphatic carbocycles. The smallest absolute Gasteiger partial charge is 0.478 e. The Morgan fingerprint density at radius 1 is 0.571 bits per heavy atom. The molecular weight excluding hydrogens is 438 g/mol. The van der Waals surface area contributed by atoms with Crippen LogP contribution in [0.3, 0.4) is 0 Å². The third-order valence-corrected chi connectivity index (χ3v) is 2.85. The van der Waals surface area contributed by atoms with Gasteiger partial charge in [0.1, 0.15) is 0 Å². The van der Waals surface area contributed by atoms with Gasteiger partial charge in [0, 0.05) is 0 Å². The van der Waals surface area contributed by atoms with E-state index < -0.39 is 76.3 Å². The van der Waals surface area contributed by atoms with Gasteiger partial charge in [-0.15, -0.1) is 0 Å². The summed E-state index contributed by atoms with van der Waals surface area (Å²) in [6.45, 7) is 0. The molecule has 0 fully saturated rings. The summed E-state index contributed by atoms with van der Waals surface area (Å²) in [5.41, 5.74) is -8.59. The van der Waals surface area contributed by atoms with E-state index in [1.165, 1.54) is 0 Å². The molecule has 2 heterocycles. The van der Waals surface area contributed by atoms with Crippen molar-refractivity contribution in [1.29, 1.82) is 0 Å². The zero-order valence-electron chi connectivity index (χ0n) is 13.1. The number of halogens is 12. The van der Waals surface area contributed by atoms with E-state index in [2.05, 4.69) is 10.2 Å². The second-order valence-electron chi connectivity index (χ2n) is 4.83. The fourth-order valence-corrected chi connectivity index (χ4v) is 1.77. The van der Waals surface area contributed by atoms with E-state index in [1.807, 2.05) is 0 Å². The first-order valence-corrected chi connectivity index (χ1v) is 6.23. The third kappa shape index (κ3) is 5.37. The van der Waals surface area contributed by atoms with Crippen molar-refractivity contribution in [3.8, 4) is 0 Å². The number of hydrogen-bond donors (Lipinski definition) is 0. The van der Waals surface area contributed by atoms with Crippen LogP contribution in [0.1, 0.15) is 22.8 Å². The Bertz CT molecular complexity index is 759. The summed E-state index contributed by atoms with van der Waals surface area (Å²) in [5.74, 6) is 0. The monoisotopic (exact) mass is 440 g/mol. The van der Waals surface area contributed by atoms with E-state index >= 15 is 0 Å². The Balaban J connectivity index is 0.00000392. The molecule has 0 spiro atoms. The summed E-state index contributed by atoms with van der Waals surface area (Å²) in [5, 5.41) is 4.89. The van der Waals surface area contributed by atoms with Crippen LogP contribution in [0, 0.1) is 0 Å². The Kier molecular flexibility index (Phi) is 6.59. The molecule has 0 amide bonds. The first-order valence-electron chi connectivity index (χ1n) is 6.23. The van der Waals surface area contributed by atoms with Crippen LogP contribution < -0.4 is 29.6 Å². The largest absolute Gasteiger partial charge is 1.00 e. The molecule has 150 valence electrons. The molecule has 0 atom stereocenters. The predicted octanol–water partition coefficient (Wildman–Crippen LogP) is 1.09. The van der Waals surface area contributed by atoms with Gasteiger partial charge < -0.3 is 9.19 Å². The minimum absolute atomic E-state index is 0. The maximum absolute atomic E-state index is 12.8. The SMILES string of the molecule is FC(F)(F)c1cc(C(F)(F)F)n([B-]n2nc(C(F)(F)F)cc2C(F)(F)F)n1.[Na+]. The van der Waals surface area contributed by atoms with E-state index in [1.54, 1.807) is 0 Å². The average molecular weight is 440 g/mol. The predicted molar refractivity (Wildman–Crippen MR) is 61.0 cm³/mol. The third-order valence-electron chi connectivity index (χ3n) is 2.85. The van der Waals surface area contributed by atoms with Gasteiger partial charge in [0.05, 0.1) is 11.4 Å². The average Bonchev–Trinajstić information content (AvgIpc) is 3.00. The van der Waals surface area contributed by atoms with Crippen molar-refractivity contribution in [2.45, 2.75) is 24.7 Å². The van der Waals surface area contributed by atoms with Gasteiger partial charge in [-0.2, -0.15) is 52.7 Å². The molecule has 0 N–H and O–H groups in total. The first kappa shape index (κ1) is 24.7. The summed E-state index contributed by atoms with van der Waals surface area (Å²) in [6.07, 6.45) is -21.8. The molecule has 0 aliphatic heterocycles. The molecule has 0 aliphatic rings. The van der Waals surface area contributed by atoms with Crippen LogP contribution in [0.25, 0.3) is 0 Å². The van der Waals surface area contributed by atoms with E-state index in [4.69, 9.17) is 0 Å². The van der Waals surface area contributed by atoms with Gasteiger partial charge in [-0.1, -0.05) is 0 Å². The summed E-state index contributed by atoms with van der Waals surface area (Å²) < 4.78 is 151. The van der Waals surface area contributed by atoms with Crippen molar-refractivity contribution in [3.63, 3.8) is 0 Å². The molecule has 0 saturated carbocycles. The molecule has 4 nitrogen and oxygen atoms in total. The zero-order valence-corrected chi connectivity index (χ0v) is 15.1. The van der Waals surface area contributed by atoms with Gasteiger partial charge in [0.25, 0.3) is 0 Å². The van der Waals surface area contributed by atoms with E-state index in [0.29, 0.717) is 0 Å². The van der Waals surface area contributed by atoms with E-state index in [0.717, 1.165) is 0 Å². The molecular formula is C10H2BF12N4Na. The van der Waals surface area contributed by atoms with E-state index in [-0.39, 0.29) is 29.6 Å². The van der Waals surface area contributed by atoms with Crippen molar-refractivity contribution in [1.82, 2.24) is 19.4 Å². The Morgan fingerprint density at radius 3 is 1.07 bits per heavy atom. The quantitative estimate of drug-likeness (QED) is 0.519. The summed E-state index contributed by atoms with van der Waals surface area (Å²) >= 11 is 0. The van der Waals surface area contributed by atoms with Crippen LogP contribution in [0.5, 0.6) is 0 Å². The van der Waals surface area contributed by atoms with Gasteiger partial charge in [0.15, 0.2) is 11.4 Å². The Labute approximate surface area is 169 Å². The van der Waals surface area contributed by atoms with Crippen molar-refractivity contribution in [2.24, 2.45) is 0 Å². The molecule has 2 aromatic heterocycles. The normalized spacial score (nSPS) is 13.6. The summed E-state index contributed by atoms with van der Waals surface area (Å²) in [6, 6.07) is -1.03. The molecule has 2 aromatic rings. The second-order valence-corrected chi connectivity index (χ2v) is 4.83. The topological polar surface area (TPSA) is 35.6 Å². The molecule has 0 aromatic carbocycles. The van der Waals surface area contributed by atoms with Crippen LogP contribution in [0.15, 0.2) is 12.1 Å². The number of rotatable bonds is 2. The van der Waals surface area contributed by atoms with Crippen molar-refractivity contribution >= 4 is 7.55 Å². The van der Waals surface area contributed by atoms with Crippen LogP contribution in [-0.4, -0.2) is 26.9 Å². The van der Waals surface area contributed by atoms with Gasteiger partial charge in [-0.25, -0.2) is 10.2 Å². The standard InChI is InChI=1S/C10H2BF12N4.Na/c12-7(13,14)3-1-5(9(18,19)20)26(24-3)11-27-6(10(21,22)23)2-4(25-27)8(15,16)17;/h1-2H;/q-1;+1. The van der Waals surface area contributed by atoms with Crippen LogP contribution in [-0.2, 0) is 24.7 Å². The molecule has 0 saturated heterocycles.